The Morgan fingerprint density at radius 2 is 1.73 bits per heavy atom. The Bertz CT molecular complexity index is 914. The second-order valence-corrected chi connectivity index (χ2v) is 6.89. The summed E-state index contributed by atoms with van der Waals surface area (Å²) < 4.78 is 35.2. The van der Waals surface area contributed by atoms with Crippen LogP contribution in [0.3, 0.4) is 0 Å². The third-order valence-electron chi connectivity index (χ3n) is 3.82. The zero-order chi connectivity index (χ0) is 19.3. The molecule has 26 heavy (non-hydrogen) atoms. The molecular weight excluding hydrogens is 354 g/mol. The third-order valence-corrected chi connectivity index (χ3v) is 5.05. The van der Waals surface area contributed by atoms with Crippen LogP contribution in [0.15, 0.2) is 28.0 Å². The van der Waals surface area contributed by atoms with Crippen molar-refractivity contribution in [3.8, 4) is 17.9 Å². The number of benzene rings is 2. The zero-order valence-corrected chi connectivity index (χ0v) is 15.6. The topological polar surface area (TPSA) is 56.8 Å². The molecular formula is C20H18F2N2OS. The summed E-state index contributed by atoms with van der Waals surface area (Å²) in [5, 5.41) is 18.3. The molecule has 2 rings (SSSR count). The minimum absolute atomic E-state index is 0.108. The van der Waals surface area contributed by atoms with Gasteiger partial charge >= 0.3 is 0 Å². The van der Waals surface area contributed by atoms with Crippen molar-refractivity contribution >= 4 is 11.8 Å². The van der Waals surface area contributed by atoms with Gasteiger partial charge in [-0.25, -0.2) is 8.78 Å². The number of aryl methyl sites for hydroxylation is 2. The molecule has 2 aromatic rings. The van der Waals surface area contributed by atoms with Gasteiger partial charge in [-0.15, -0.1) is 0 Å². The second-order valence-electron chi connectivity index (χ2n) is 5.83. The highest BCUT2D eigenvalue weighted by Crippen LogP contribution is 2.43. The van der Waals surface area contributed by atoms with Crippen molar-refractivity contribution in [2.45, 2.75) is 43.4 Å². The largest absolute Gasteiger partial charge is 0.489 e. The van der Waals surface area contributed by atoms with E-state index in [0.717, 1.165) is 34.2 Å². The number of nitriles is 2. The van der Waals surface area contributed by atoms with E-state index >= 15 is 0 Å². The molecule has 0 aliphatic carbocycles. The molecule has 0 heterocycles. The van der Waals surface area contributed by atoms with Gasteiger partial charge in [0.2, 0.25) is 0 Å². The summed E-state index contributed by atoms with van der Waals surface area (Å²) in [6, 6.07) is 8.84. The molecule has 0 aliphatic heterocycles. The molecule has 0 amide bonds. The fourth-order valence-corrected chi connectivity index (χ4v) is 3.45. The summed E-state index contributed by atoms with van der Waals surface area (Å²) in [5.41, 5.74) is 0.645. The third kappa shape index (κ3) is 3.98. The number of halogens is 2. The lowest BCUT2D eigenvalue weighted by atomic mass is 10.1. The van der Waals surface area contributed by atoms with Crippen LogP contribution in [0.1, 0.15) is 42.0 Å². The lowest BCUT2D eigenvalue weighted by Crippen LogP contribution is -2.06. The van der Waals surface area contributed by atoms with Crippen molar-refractivity contribution in [1.29, 1.82) is 10.5 Å². The van der Waals surface area contributed by atoms with Gasteiger partial charge in [0.05, 0.1) is 11.5 Å². The van der Waals surface area contributed by atoms with Crippen LogP contribution in [0.2, 0.25) is 0 Å². The first-order chi connectivity index (χ1) is 12.4. The molecule has 3 nitrogen and oxygen atoms in total. The van der Waals surface area contributed by atoms with E-state index in [1.165, 1.54) is 0 Å². The number of hydrogen-bond acceptors (Lipinski definition) is 4. The summed E-state index contributed by atoms with van der Waals surface area (Å²) in [6.07, 6.45) is 1.49. The van der Waals surface area contributed by atoms with Gasteiger partial charge in [-0.05, 0) is 37.5 Å². The first-order valence-corrected chi connectivity index (χ1v) is 8.99. The van der Waals surface area contributed by atoms with Crippen LogP contribution < -0.4 is 4.74 Å². The molecule has 0 bridgehead atoms. The van der Waals surface area contributed by atoms with E-state index in [9.17, 15) is 14.0 Å². The molecule has 0 N–H and O–H groups in total. The molecule has 0 fully saturated rings. The molecule has 0 aromatic heterocycles. The van der Waals surface area contributed by atoms with Crippen LogP contribution in [-0.2, 0) is 0 Å². The average Bonchev–Trinajstić information content (AvgIpc) is 2.62. The molecule has 0 unspecified atom stereocenters. The van der Waals surface area contributed by atoms with Crippen LogP contribution in [-0.4, -0.2) is 6.61 Å². The first-order valence-electron chi connectivity index (χ1n) is 8.17. The minimum atomic E-state index is -0.991. The van der Waals surface area contributed by atoms with Gasteiger partial charge in [0.1, 0.15) is 23.3 Å². The van der Waals surface area contributed by atoms with Crippen LogP contribution in [0.4, 0.5) is 8.78 Å². The van der Waals surface area contributed by atoms with E-state index in [1.807, 2.05) is 39.0 Å². The van der Waals surface area contributed by atoms with E-state index in [2.05, 4.69) is 0 Å². The fourth-order valence-electron chi connectivity index (χ4n) is 2.32. The van der Waals surface area contributed by atoms with Crippen LogP contribution >= 0.6 is 11.8 Å². The van der Waals surface area contributed by atoms with Gasteiger partial charge in [0, 0.05) is 4.90 Å². The zero-order valence-electron chi connectivity index (χ0n) is 14.8. The van der Waals surface area contributed by atoms with E-state index in [0.29, 0.717) is 6.42 Å². The van der Waals surface area contributed by atoms with E-state index in [1.54, 1.807) is 12.1 Å². The lowest BCUT2D eigenvalue weighted by molar-refractivity contribution is 0.283. The Balaban J connectivity index is 2.65. The SMILES string of the molecule is CCCCOc1c(F)c(C#N)c(C#N)c(F)c1Sc1cc(C)ccc1C. The van der Waals surface area contributed by atoms with Crippen LogP contribution in [0, 0.1) is 48.1 Å². The predicted molar refractivity (Wildman–Crippen MR) is 96.2 cm³/mol. The maximum Gasteiger partial charge on any atom is 0.185 e. The van der Waals surface area contributed by atoms with Gasteiger partial charge in [0.25, 0.3) is 0 Å². The van der Waals surface area contributed by atoms with Crippen molar-refractivity contribution < 1.29 is 13.5 Å². The van der Waals surface area contributed by atoms with Gasteiger partial charge < -0.3 is 4.74 Å². The van der Waals surface area contributed by atoms with Gasteiger partial charge in [-0.1, -0.05) is 37.2 Å². The molecule has 6 heteroatoms. The Kier molecular flexibility index (Phi) is 6.60. The standard InChI is InChI=1S/C20H18F2N2OS/c1-4-5-8-25-19-17(21)14(10-23)15(11-24)18(22)20(19)26-16-9-12(2)6-7-13(16)3/h6-7,9H,4-5,8H2,1-3H3. The van der Waals surface area contributed by atoms with E-state index < -0.39 is 22.8 Å². The summed E-state index contributed by atoms with van der Waals surface area (Å²) in [6.45, 7) is 5.91. The van der Waals surface area contributed by atoms with Gasteiger partial charge in [-0.3, -0.25) is 0 Å². The summed E-state index contributed by atoms with van der Waals surface area (Å²) in [4.78, 5) is 0.625. The molecule has 0 saturated heterocycles. The predicted octanol–water partition coefficient (Wildman–Crippen LogP) is 5.66. The minimum Gasteiger partial charge on any atom is -0.489 e. The highest BCUT2D eigenvalue weighted by molar-refractivity contribution is 7.99. The number of unbranched alkanes of at least 4 members (excludes halogenated alkanes) is 1. The van der Waals surface area contributed by atoms with Crippen molar-refractivity contribution in [1.82, 2.24) is 0 Å². The highest BCUT2D eigenvalue weighted by Gasteiger charge is 2.27. The van der Waals surface area contributed by atoms with E-state index in [-0.39, 0.29) is 17.3 Å². The summed E-state index contributed by atoms with van der Waals surface area (Å²) >= 11 is 1.00. The molecule has 134 valence electrons. The Hall–Kier alpha value is -2.57. The maximum atomic E-state index is 14.9. The smallest absolute Gasteiger partial charge is 0.185 e. The molecule has 0 atom stereocenters. The normalized spacial score (nSPS) is 10.3. The van der Waals surface area contributed by atoms with Crippen molar-refractivity contribution in [2.24, 2.45) is 0 Å². The highest BCUT2D eigenvalue weighted by atomic mass is 32.2. The molecule has 2 aromatic carbocycles. The fraction of sp³-hybridized carbons (Fsp3) is 0.300. The molecule has 0 spiro atoms. The quantitative estimate of drug-likeness (QED) is 0.614. The average molecular weight is 372 g/mol. The summed E-state index contributed by atoms with van der Waals surface area (Å²) in [5.74, 6) is -2.23. The number of nitrogens with zero attached hydrogens (tertiary/aromatic N) is 2. The molecule has 0 radical (unpaired) electrons. The number of ether oxygens (including phenoxy) is 1. The second kappa shape index (κ2) is 8.69. The molecule has 0 aliphatic rings. The Morgan fingerprint density at radius 1 is 1.08 bits per heavy atom. The van der Waals surface area contributed by atoms with Crippen molar-refractivity contribution in [3.05, 3.63) is 52.1 Å². The van der Waals surface area contributed by atoms with Crippen molar-refractivity contribution in [3.63, 3.8) is 0 Å². The lowest BCUT2D eigenvalue weighted by Gasteiger charge is -2.16. The number of rotatable bonds is 6. The summed E-state index contributed by atoms with van der Waals surface area (Å²) in [7, 11) is 0. The van der Waals surface area contributed by atoms with Gasteiger partial charge in [-0.2, -0.15) is 10.5 Å². The van der Waals surface area contributed by atoms with Gasteiger partial charge in [0.15, 0.2) is 17.4 Å². The maximum absolute atomic E-state index is 14.9. The molecule has 0 saturated carbocycles. The Morgan fingerprint density at radius 3 is 2.35 bits per heavy atom. The van der Waals surface area contributed by atoms with E-state index in [4.69, 9.17) is 10.00 Å². The monoisotopic (exact) mass is 372 g/mol. The number of hydrogen-bond donors (Lipinski definition) is 0. The first kappa shape index (κ1) is 19.8. The Labute approximate surface area is 156 Å². The van der Waals surface area contributed by atoms with Crippen LogP contribution in [0.25, 0.3) is 0 Å². The van der Waals surface area contributed by atoms with Crippen LogP contribution in [0.5, 0.6) is 5.75 Å². The van der Waals surface area contributed by atoms with Crippen molar-refractivity contribution in [2.75, 3.05) is 6.61 Å².